The highest BCUT2D eigenvalue weighted by atomic mass is 32.2. The Balaban J connectivity index is 1.89. The summed E-state index contributed by atoms with van der Waals surface area (Å²) in [7, 11) is -3.27. The van der Waals surface area contributed by atoms with Gasteiger partial charge in [-0.2, -0.15) is 0 Å². The van der Waals surface area contributed by atoms with Crippen molar-refractivity contribution in [1.29, 1.82) is 0 Å². The van der Waals surface area contributed by atoms with E-state index >= 15 is 0 Å². The fourth-order valence-corrected chi connectivity index (χ4v) is 4.79. The maximum atomic E-state index is 12.4. The van der Waals surface area contributed by atoms with Gasteiger partial charge >= 0.3 is 0 Å². The number of benzene rings is 1. The normalized spacial score (nSPS) is 19.0. The molecule has 1 atom stereocenters. The number of fused-ring (bicyclic) bond motifs is 1. The lowest BCUT2D eigenvalue weighted by Gasteiger charge is -2.21. The maximum absolute atomic E-state index is 12.4. The SMILES string of the molecule is Cc1ccc2nccc(N3CC[C@H](S(=O)(=O)NC(C)C)C3)c2c1. The zero-order valence-electron chi connectivity index (χ0n) is 13.8. The molecule has 0 bridgehead atoms. The van der Waals surface area contributed by atoms with E-state index in [1.807, 2.05) is 32.0 Å². The highest BCUT2D eigenvalue weighted by Crippen LogP contribution is 2.30. The molecule has 0 radical (unpaired) electrons. The Kier molecular flexibility index (Phi) is 4.29. The molecule has 1 aliphatic heterocycles. The minimum absolute atomic E-state index is 0.0709. The van der Waals surface area contributed by atoms with Crippen molar-refractivity contribution in [2.45, 2.75) is 38.5 Å². The van der Waals surface area contributed by atoms with Gasteiger partial charge in [0.25, 0.3) is 0 Å². The number of aryl methyl sites for hydroxylation is 1. The van der Waals surface area contributed by atoms with Crippen LogP contribution >= 0.6 is 0 Å². The number of hydrogen-bond donors (Lipinski definition) is 1. The average molecular weight is 333 g/mol. The van der Waals surface area contributed by atoms with Crippen LogP contribution in [0.4, 0.5) is 5.69 Å². The Hall–Kier alpha value is -1.66. The molecule has 23 heavy (non-hydrogen) atoms. The van der Waals surface area contributed by atoms with E-state index in [0.717, 1.165) is 23.1 Å². The fourth-order valence-electron chi connectivity index (χ4n) is 3.15. The van der Waals surface area contributed by atoms with Crippen LogP contribution in [-0.2, 0) is 10.0 Å². The average Bonchev–Trinajstić information content (AvgIpc) is 2.95. The van der Waals surface area contributed by atoms with Gasteiger partial charge in [0.1, 0.15) is 0 Å². The molecule has 1 aromatic carbocycles. The van der Waals surface area contributed by atoms with E-state index in [1.165, 1.54) is 5.56 Å². The van der Waals surface area contributed by atoms with Gasteiger partial charge in [-0.25, -0.2) is 13.1 Å². The molecule has 1 fully saturated rings. The largest absolute Gasteiger partial charge is 0.370 e. The predicted molar refractivity (Wildman–Crippen MR) is 94.3 cm³/mol. The second-order valence-corrected chi connectivity index (χ2v) is 8.52. The molecule has 0 spiro atoms. The number of rotatable bonds is 4. The van der Waals surface area contributed by atoms with E-state index in [1.54, 1.807) is 6.20 Å². The number of hydrogen-bond acceptors (Lipinski definition) is 4. The van der Waals surface area contributed by atoms with E-state index in [0.29, 0.717) is 13.0 Å². The molecule has 1 N–H and O–H groups in total. The molecule has 1 aromatic heterocycles. The van der Waals surface area contributed by atoms with Crippen LogP contribution in [0.1, 0.15) is 25.8 Å². The topological polar surface area (TPSA) is 62.3 Å². The van der Waals surface area contributed by atoms with Crippen LogP contribution in [0.2, 0.25) is 0 Å². The van der Waals surface area contributed by atoms with Gasteiger partial charge in [0, 0.05) is 36.4 Å². The van der Waals surface area contributed by atoms with Gasteiger partial charge in [-0.15, -0.1) is 0 Å². The first kappa shape index (κ1) is 16.2. The van der Waals surface area contributed by atoms with Crippen LogP contribution in [0.15, 0.2) is 30.5 Å². The zero-order valence-corrected chi connectivity index (χ0v) is 14.6. The summed E-state index contributed by atoms with van der Waals surface area (Å²) in [5.41, 5.74) is 3.19. The molecule has 0 saturated carbocycles. The summed E-state index contributed by atoms with van der Waals surface area (Å²) < 4.78 is 27.5. The van der Waals surface area contributed by atoms with Crippen molar-refractivity contribution < 1.29 is 8.42 Å². The van der Waals surface area contributed by atoms with E-state index in [4.69, 9.17) is 0 Å². The van der Waals surface area contributed by atoms with Gasteiger partial charge in [-0.3, -0.25) is 4.98 Å². The van der Waals surface area contributed by atoms with Crippen LogP contribution in [0.3, 0.4) is 0 Å². The van der Waals surface area contributed by atoms with Crippen LogP contribution in [-0.4, -0.2) is 37.8 Å². The van der Waals surface area contributed by atoms with Crippen LogP contribution in [0.25, 0.3) is 10.9 Å². The lowest BCUT2D eigenvalue weighted by molar-refractivity contribution is 0.557. The first-order valence-electron chi connectivity index (χ1n) is 7.98. The summed E-state index contributed by atoms with van der Waals surface area (Å²) in [6, 6.07) is 8.08. The third-order valence-corrected chi connectivity index (χ3v) is 6.26. The minimum Gasteiger partial charge on any atom is -0.370 e. The summed E-state index contributed by atoms with van der Waals surface area (Å²) in [6.07, 6.45) is 2.44. The number of nitrogens with one attached hydrogen (secondary N) is 1. The lowest BCUT2D eigenvalue weighted by atomic mass is 10.1. The van der Waals surface area contributed by atoms with Gasteiger partial charge in [0.15, 0.2) is 0 Å². The number of aromatic nitrogens is 1. The Labute approximate surface area is 137 Å². The summed E-state index contributed by atoms with van der Waals surface area (Å²) in [4.78, 5) is 6.56. The van der Waals surface area contributed by atoms with Crippen molar-refractivity contribution in [2.75, 3.05) is 18.0 Å². The molecule has 2 heterocycles. The summed E-state index contributed by atoms with van der Waals surface area (Å²) >= 11 is 0. The molecule has 3 rings (SSSR count). The van der Waals surface area contributed by atoms with Crippen molar-refractivity contribution in [1.82, 2.24) is 9.71 Å². The van der Waals surface area contributed by atoms with Gasteiger partial charge < -0.3 is 4.90 Å². The number of anilines is 1. The van der Waals surface area contributed by atoms with Crippen molar-refractivity contribution in [3.8, 4) is 0 Å². The second-order valence-electron chi connectivity index (χ2n) is 6.52. The van der Waals surface area contributed by atoms with Crippen molar-refractivity contribution >= 4 is 26.6 Å². The van der Waals surface area contributed by atoms with Gasteiger partial charge in [-0.05, 0) is 45.4 Å². The monoisotopic (exact) mass is 333 g/mol. The molecule has 6 heteroatoms. The molecule has 1 aliphatic rings. The maximum Gasteiger partial charge on any atom is 0.216 e. The molecule has 0 aliphatic carbocycles. The summed E-state index contributed by atoms with van der Waals surface area (Å²) in [5.74, 6) is 0. The Bertz CT molecular complexity index is 818. The third kappa shape index (κ3) is 3.33. The van der Waals surface area contributed by atoms with Gasteiger partial charge in [0.2, 0.25) is 10.0 Å². The molecule has 1 saturated heterocycles. The molecule has 0 unspecified atom stereocenters. The molecule has 124 valence electrons. The summed E-state index contributed by atoms with van der Waals surface area (Å²) in [5, 5.41) is 0.722. The Morgan fingerprint density at radius 2 is 2.09 bits per heavy atom. The van der Waals surface area contributed by atoms with Crippen LogP contribution in [0.5, 0.6) is 0 Å². The van der Waals surface area contributed by atoms with E-state index in [9.17, 15) is 8.42 Å². The fraction of sp³-hybridized carbons (Fsp3) is 0.471. The molecule has 0 amide bonds. The van der Waals surface area contributed by atoms with Crippen molar-refractivity contribution in [3.05, 3.63) is 36.0 Å². The molecule has 2 aromatic rings. The number of pyridine rings is 1. The van der Waals surface area contributed by atoms with Gasteiger partial charge in [-0.1, -0.05) is 11.6 Å². The Morgan fingerprint density at radius 1 is 1.30 bits per heavy atom. The van der Waals surface area contributed by atoms with Crippen molar-refractivity contribution in [3.63, 3.8) is 0 Å². The standard InChI is InChI=1S/C17H23N3O2S/c1-12(2)19-23(21,22)14-7-9-20(11-14)17-6-8-18-16-5-4-13(3)10-15(16)17/h4-6,8,10,12,14,19H,7,9,11H2,1-3H3/t14-/m0/s1. The zero-order chi connectivity index (χ0) is 16.6. The lowest BCUT2D eigenvalue weighted by Crippen LogP contribution is -2.39. The molecular weight excluding hydrogens is 310 g/mol. The number of sulfonamides is 1. The van der Waals surface area contributed by atoms with E-state index in [2.05, 4.69) is 27.6 Å². The van der Waals surface area contributed by atoms with Crippen LogP contribution in [0, 0.1) is 6.92 Å². The minimum atomic E-state index is -3.27. The highest BCUT2D eigenvalue weighted by molar-refractivity contribution is 7.90. The Morgan fingerprint density at radius 3 is 2.83 bits per heavy atom. The van der Waals surface area contributed by atoms with Gasteiger partial charge in [0.05, 0.1) is 10.8 Å². The smallest absolute Gasteiger partial charge is 0.216 e. The second kappa shape index (κ2) is 6.09. The predicted octanol–water partition coefficient (Wildman–Crippen LogP) is 2.45. The van der Waals surface area contributed by atoms with E-state index in [-0.39, 0.29) is 11.3 Å². The third-order valence-electron chi connectivity index (χ3n) is 4.20. The van der Waals surface area contributed by atoms with Crippen LogP contribution < -0.4 is 9.62 Å². The first-order valence-corrected chi connectivity index (χ1v) is 9.53. The summed E-state index contributed by atoms with van der Waals surface area (Å²) in [6.45, 7) is 7.03. The number of nitrogens with zero attached hydrogens (tertiary/aromatic N) is 2. The van der Waals surface area contributed by atoms with E-state index < -0.39 is 10.0 Å². The van der Waals surface area contributed by atoms with Crippen molar-refractivity contribution in [2.24, 2.45) is 0 Å². The highest BCUT2D eigenvalue weighted by Gasteiger charge is 2.33. The molecule has 5 nitrogen and oxygen atoms in total. The molecular formula is C17H23N3O2S. The quantitative estimate of drug-likeness (QED) is 0.933. The first-order chi connectivity index (χ1) is 10.9.